The molecule has 0 aromatic carbocycles. The molecule has 456 valence electrons. The Morgan fingerprint density at radius 1 is 0.354 bits per heavy atom. The van der Waals surface area contributed by atoms with E-state index in [1.807, 2.05) is 0 Å². The summed E-state index contributed by atoms with van der Waals surface area (Å²) < 4.78 is 21.2. The van der Waals surface area contributed by atoms with Crippen molar-refractivity contribution in [1.82, 2.24) is 37.2 Å². The summed E-state index contributed by atoms with van der Waals surface area (Å²) >= 11 is 0. The van der Waals surface area contributed by atoms with Gasteiger partial charge < -0.3 is 71.5 Å². The number of carboxylic acid groups (broad SMARTS) is 3. The zero-order chi connectivity index (χ0) is 58.9. The summed E-state index contributed by atoms with van der Waals surface area (Å²) in [5, 5.41) is 46.6. The number of carboxylic acids is 3. The molecule has 0 aliphatic rings. The zero-order valence-corrected chi connectivity index (χ0v) is 47.9. The normalized spacial score (nSPS) is 12.7. The van der Waals surface area contributed by atoms with Crippen molar-refractivity contribution in [3.63, 3.8) is 0 Å². The number of unbranched alkanes of at least 4 members (excludes halogenated alkanes) is 14. The Bertz CT molecular complexity index is 1740. The molecule has 6 amide bonds. The Kier molecular flexibility index (Phi) is 46.4. The molecule has 0 rings (SSSR count). The molecule has 0 aromatic heterocycles. The molecule has 0 spiro atoms. The number of hydrogen-bond acceptors (Lipinski definition) is 15. The quantitative estimate of drug-likeness (QED) is 0.0388. The SMILES string of the molecule is CN[C@@H](CCCCNC(=O)CC[C@H](NC(=O)COCCOCCNC(=O)COCCOCCNC(=O)CC[C@H](NC(=O)CC[C@H](NC(=O)CCCCCCCCCCCCCCCCC(C)C)C(=O)O)C(=O)O)C(=O)O)C(C)=O. The van der Waals surface area contributed by atoms with Crippen molar-refractivity contribution in [2.24, 2.45) is 5.92 Å². The highest BCUT2D eigenvalue weighted by Crippen LogP contribution is 2.15. The molecule has 24 heteroatoms. The van der Waals surface area contributed by atoms with E-state index in [0.29, 0.717) is 25.8 Å². The number of likely N-dealkylation sites (N-methyl/N-ethyl adjacent to an activating group) is 1. The molecule has 0 fully saturated rings. The minimum atomic E-state index is -1.40. The number of nitrogens with one attached hydrogen (secondary N) is 7. The maximum Gasteiger partial charge on any atom is 0.326 e. The largest absolute Gasteiger partial charge is 0.480 e. The lowest BCUT2D eigenvalue weighted by Gasteiger charge is -2.17. The summed E-state index contributed by atoms with van der Waals surface area (Å²) in [4.78, 5) is 120. The van der Waals surface area contributed by atoms with Crippen LogP contribution in [0, 0.1) is 5.92 Å². The fourth-order valence-corrected chi connectivity index (χ4v) is 8.10. The number of carbonyl (C=O) groups excluding carboxylic acids is 7. The Morgan fingerprint density at radius 3 is 1.14 bits per heavy atom. The second-order valence-corrected chi connectivity index (χ2v) is 20.2. The van der Waals surface area contributed by atoms with Crippen molar-refractivity contribution in [2.45, 2.75) is 205 Å². The summed E-state index contributed by atoms with van der Waals surface area (Å²) in [7, 11) is 1.71. The number of hydrogen-bond donors (Lipinski definition) is 10. The van der Waals surface area contributed by atoms with Gasteiger partial charge in [-0.1, -0.05) is 104 Å². The van der Waals surface area contributed by atoms with Gasteiger partial charge in [0, 0.05) is 45.3 Å². The van der Waals surface area contributed by atoms with Crippen LogP contribution in [-0.4, -0.2) is 178 Å². The van der Waals surface area contributed by atoms with Crippen LogP contribution in [0.25, 0.3) is 0 Å². The number of rotatable bonds is 55. The van der Waals surface area contributed by atoms with Gasteiger partial charge >= 0.3 is 17.9 Å². The summed E-state index contributed by atoms with van der Waals surface area (Å²) in [6.07, 6.45) is 18.8. The highest BCUT2D eigenvalue weighted by Gasteiger charge is 2.25. The first-order valence-electron chi connectivity index (χ1n) is 28.7. The average Bonchev–Trinajstić information content (AvgIpc) is 3.39. The molecule has 0 heterocycles. The first-order chi connectivity index (χ1) is 37.9. The van der Waals surface area contributed by atoms with E-state index in [9.17, 15) is 63.3 Å². The third-order valence-electron chi connectivity index (χ3n) is 12.7. The number of amides is 6. The first-order valence-corrected chi connectivity index (χ1v) is 28.7. The predicted molar refractivity (Wildman–Crippen MR) is 295 cm³/mol. The minimum absolute atomic E-state index is 0.0177. The van der Waals surface area contributed by atoms with Gasteiger partial charge in [0.05, 0.1) is 45.7 Å². The van der Waals surface area contributed by atoms with Gasteiger partial charge in [0.2, 0.25) is 35.4 Å². The van der Waals surface area contributed by atoms with Gasteiger partial charge in [-0.3, -0.25) is 33.6 Å². The number of ketones is 1. The maximum atomic E-state index is 12.6. The average molecular weight is 1130 g/mol. The Hall–Kier alpha value is -5.30. The Balaban J connectivity index is 4.00. The lowest BCUT2D eigenvalue weighted by Crippen LogP contribution is -2.44. The number of aliphatic carboxylic acids is 3. The molecule has 0 aromatic rings. The van der Waals surface area contributed by atoms with Crippen molar-refractivity contribution in [1.29, 1.82) is 0 Å². The van der Waals surface area contributed by atoms with Gasteiger partial charge in [-0.15, -0.1) is 0 Å². The monoisotopic (exact) mass is 1130 g/mol. The Morgan fingerprint density at radius 2 is 0.709 bits per heavy atom. The molecule has 0 aliphatic carbocycles. The van der Waals surface area contributed by atoms with Gasteiger partial charge in [0.15, 0.2) is 0 Å². The third kappa shape index (κ3) is 46.2. The smallest absolute Gasteiger partial charge is 0.326 e. The van der Waals surface area contributed by atoms with Crippen LogP contribution in [0.1, 0.15) is 181 Å². The van der Waals surface area contributed by atoms with Crippen molar-refractivity contribution >= 4 is 59.1 Å². The number of Topliss-reactive ketones (excluding diaryl/α,β-unsaturated/α-hetero) is 1. The van der Waals surface area contributed by atoms with Crippen LogP contribution in [0.15, 0.2) is 0 Å². The molecule has 0 bridgehead atoms. The van der Waals surface area contributed by atoms with Crippen molar-refractivity contribution in [3.8, 4) is 0 Å². The molecular weight excluding hydrogens is 1030 g/mol. The summed E-state index contributed by atoms with van der Waals surface area (Å²) in [6.45, 7) is 6.56. The third-order valence-corrected chi connectivity index (χ3v) is 12.7. The van der Waals surface area contributed by atoms with E-state index in [0.717, 1.165) is 31.6 Å². The van der Waals surface area contributed by atoms with Crippen LogP contribution in [0.2, 0.25) is 0 Å². The van der Waals surface area contributed by atoms with E-state index in [-0.39, 0.29) is 122 Å². The molecule has 0 radical (unpaired) electrons. The van der Waals surface area contributed by atoms with Crippen LogP contribution in [0.3, 0.4) is 0 Å². The maximum absolute atomic E-state index is 12.6. The van der Waals surface area contributed by atoms with E-state index >= 15 is 0 Å². The highest BCUT2D eigenvalue weighted by molar-refractivity contribution is 5.87. The lowest BCUT2D eigenvalue weighted by molar-refractivity contribution is -0.143. The molecule has 24 nitrogen and oxygen atoms in total. The van der Waals surface area contributed by atoms with Crippen molar-refractivity contribution < 1.29 is 82.2 Å². The van der Waals surface area contributed by atoms with Crippen LogP contribution >= 0.6 is 0 Å². The summed E-state index contributed by atoms with van der Waals surface area (Å²) in [5.41, 5.74) is 0. The van der Waals surface area contributed by atoms with Gasteiger partial charge in [-0.2, -0.15) is 0 Å². The Labute approximate surface area is 468 Å². The molecular formula is C55H99N7O17. The molecule has 0 saturated carbocycles. The fraction of sp³-hybridized carbons (Fsp3) is 0.818. The molecule has 10 N–H and O–H groups in total. The topological polar surface area (TPSA) is 353 Å². The van der Waals surface area contributed by atoms with Crippen LogP contribution in [0.5, 0.6) is 0 Å². The molecule has 79 heavy (non-hydrogen) atoms. The number of ether oxygens (including phenoxy) is 4. The zero-order valence-electron chi connectivity index (χ0n) is 47.9. The molecule has 4 atom stereocenters. The van der Waals surface area contributed by atoms with Crippen molar-refractivity contribution in [3.05, 3.63) is 0 Å². The highest BCUT2D eigenvalue weighted by atomic mass is 16.5. The van der Waals surface area contributed by atoms with Crippen LogP contribution in [0.4, 0.5) is 0 Å². The van der Waals surface area contributed by atoms with Gasteiger partial charge in [0.1, 0.15) is 37.1 Å². The van der Waals surface area contributed by atoms with E-state index < -0.39 is 72.2 Å². The molecule has 0 saturated heterocycles. The fourth-order valence-electron chi connectivity index (χ4n) is 8.10. The van der Waals surface area contributed by atoms with Crippen LogP contribution in [-0.2, 0) is 66.9 Å². The first kappa shape index (κ1) is 73.7. The van der Waals surface area contributed by atoms with Crippen molar-refractivity contribution in [2.75, 3.05) is 79.5 Å². The van der Waals surface area contributed by atoms with Gasteiger partial charge in [-0.05, 0) is 64.8 Å². The van der Waals surface area contributed by atoms with E-state index in [1.165, 1.54) is 77.6 Å². The van der Waals surface area contributed by atoms with E-state index in [4.69, 9.17) is 18.9 Å². The summed E-state index contributed by atoms with van der Waals surface area (Å²) in [6, 6.07) is -4.22. The molecule has 0 aliphatic heterocycles. The predicted octanol–water partition coefficient (Wildman–Crippen LogP) is 3.70. The van der Waals surface area contributed by atoms with Gasteiger partial charge in [-0.25, -0.2) is 14.4 Å². The molecule has 0 unspecified atom stereocenters. The van der Waals surface area contributed by atoms with E-state index in [2.05, 4.69) is 51.1 Å². The van der Waals surface area contributed by atoms with Gasteiger partial charge in [0.25, 0.3) is 0 Å². The minimum Gasteiger partial charge on any atom is -0.480 e. The number of carbonyl (C=O) groups is 10. The lowest BCUT2D eigenvalue weighted by atomic mass is 10.0. The standard InChI is InChI=1S/C55H99N7O17/c1-41(2)21-17-15-13-11-9-7-5-6-8-10-12-14-16-18-23-49(66)60-45(54(72)73)26-29-50(67)61-44(53(70)71)24-28-48(65)58-31-33-76-35-37-78-39-51(68)59-32-34-77-36-38-79-40-52(69)62-46(55(74)75)25-27-47(64)57-30-20-19-22-43(56-4)42(3)63/h41,43-46,56H,5-40H2,1-4H3,(H,57,64)(H,58,65)(H,59,68)(H,60,66)(H,61,67)(H,62,69)(H,70,71)(H,72,73)(H,74,75)/t43-,44-,45-,46-/m0/s1. The van der Waals surface area contributed by atoms with E-state index in [1.54, 1.807) is 7.05 Å². The van der Waals surface area contributed by atoms with Crippen LogP contribution < -0.4 is 37.2 Å². The summed E-state index contributed by atoms with van der Waals surface area (Å²) in [5.74, 6) is -6.19. The second kappa shape index (κ2) is 49.7. The second-order valence-electron chi connectivity index (χ2n) is 20.2.